The number of rotatable bonds is 7. The molecule has 0 saturated carbocycles. The Balaban J connectivity index is 1.24. The molecule has 0 fully saturated rings. The number of aromatic nitrogens is 2. The van der Waals surface area contributed by atoms with Gasteiger partial charge in [0.05, 0.1) is 40.0 Å². The molecule has 0 aliphatic heterocycles. The molecule has 12 aromatic rings. The molecule has 0 amide bonds. The lowest BCUT2D eigenvalue weighted by atomic mass is 9.96. The Morgan fingerprint density at radius 1 is 0.365 bits per heavy atom. The van der Waals surface area contributed by atoms with Crippen molar-refractivity contribution in [1.29, 1.82) is 5.26 Å². The van der Waals surface area contributed by atoms with Crippen LogP contribution in [-0.4, -0.2) is 9.13 Å². The van der Waals surface area contributed by atoms with Crippen LogP contribution in [-0.2, 0) is 0 Å². The highest BCUT2D eigenvalue weighted by Crippen LogP contribution is 2.45. The Morgan fingerprint density at radius 2 is 0.716 bits per heavy atom. The van der Waals surface area contributed by atoms with E-state index in [0.717, 1.165) is 99.5 Å². The fourth-order valence-electron chi connectivity index (χ4n) is 11.8. The topological polar surface area (TPSA) is 38.0 Å². The minimum absolute atomic E-state index is 0.524. The molecule has 10 aromatic carbocycles. The van der Waals surface area contributed by atoms with Crippen LogP contribution < -0.4 is 0 Å². The third-order valence-corrected chi connectivity index (χ3v) is 15.3. The van der Waals surface area contributed by atoms with E-state index in [1.54, 1.807) is 0 Å². The van der Waals surface area contributed by atoms with Crippen LogP contribution in [0.15, 0.2) is 182 Å². The summed E-state index contributed by atoms with van der Waals surface area (Å²) in [5.41, 5.74) is 27.1. The molecule has 0 N–H and O–H groups in total. The van der Waals surface area contributed by atoms with E-state index < -0.39 is 0 Å². The van der Waals surface area contributed by atoms with Gasteiger partial charge in [0, 0.05) is 27.1 Å². The van der Waals surface area contributed by atoms with Crippen molar-refractivity contribution in [2.45, 2.75) is 55.4 Å². The van der Waals surface area contributed by atoms with Gasteiger partial charge in [0.2, 0.25) is 0 Å². The minimum atomic E-state index is 0.524. The standard InChI is InChI=1S/C70H54N4/c1-41-13-21-55(45(5)31-41)50-17-25-60-61-26-18-51(56-22-14-42(2)32-46(56)6)37-67(61)73(66(60)36-50)65-30-29-59(49-11-10-12-54(35-49)72-9)70(64(65)40-71)74-68-38-52(57-23-15-43(3)33-47(57)7)19-27-62(68)63-28-20-53(39-69(63)74)58-24-16-44(4)34-48(58)8/h10-39H,1-8H3. The van der Waals surface area contributed by atoms with E-state index in [4.69, 9.17) is 6.57 Å². The van der Waals surface area contributed by atoms with Gasteiger partial charge in [0.25, 0.3) is 0 Å². The monoisotopic (exact) mass is 950 g/mol. The second kappa shape index (κ2) is 17.8. The Morgan fingerprint density at radius 3 is 1.07 bits per heavy atom. The number of nitriles is 1. The highest BCUT2D eigenvalue weighted by atomic mass is 15.0. The SMILES string of the molecule is [C-]#[N+]c1cccc(-c2ccc(-n3c4cc(-c5ccc(C)cc5C)ccc4c4ccc(-c5ccc(C)cc5C)cc43)c(C#N)c2-n2c3cc(-c4ccc(C)cc4C)ccc3c3ccc(-c4ccc(C)cc4C)cc32)c1. The number of nitrogens with zero attached hydrogens (tertiary/aromatic N) is 4. The van der Waals surface area contributed by atoms with Gasteiger partial charge in [0.15, 0.2) is 5.69 Å². The molecule has 4 nitrogen and oxygen atoms in total. The van der Waals surface area contributed by atoms with Crippen LogP contribution in [0.3, 0.4) is 0 Å². The van der Waals surface area contributed by atoms with E-state index in [0.29, 0.717) is 11.3 Å². The highest BCUT2D eigenvalue weighted by Gasteiger charge is 2.26. The second-order valence-corrected chi connectivity index (χ2v) is 20.5. The van der Waals surface area contributed by atoms with Crippen molar-refractivity contribution in [2.75, 3.05) is 0 Å². The molecular formula is C70H54N4. The van der Waals surface area contributed by atoms with Gasteiger partial charge in [-0.3, -0.25) is 0 Å². The molecule has 0 atom stereocenters. The van der Waals surface area contributed by atoms with Crippen molar-refractivity contribution in [3.63, 3.8) is 0 Å². The van der Waals surface area contributed by atoms with Gasteiger partial charge in [-0.15, -0.1) is 0 Å². The highest BCUT2D eigenvalue weighted by molar-refractivity contribution is 6.14. The molecule has 12 rings (SSSR count). The first kappa shape index (κ1) is 45.9. The summed E-state index contributed by atoms with van der Waals surface area (Å²) in [7, 11) is 0. The van der Waals surface area contributed by atoms with Crippen molar-refractivity contribution in [3.8, 4) is 73.1 Å². The number of aryl methyl sites for hydroxylation is 8. The van der Waals surface area contributed by atoms with E-state index in [-0.39, 0.29) is 0 Å². The van der Waals surface area contributed by atoms with E-state index in [9.17, 15) is 5.26 Å². The van der Waals surface area contributed by atoms with Crippen LogP contribution in [0.4, 0.5) is 5.69 Å². The number of hydrogen-bond acceptors (Lipinski definition) is 1. The molecule has 2 heterocycles. The maximum absolute atomic E-state index is 12.2. The maximum atomic E-state index is 12.2. The fourth-order valence-corrected chi connectivity index (χ4v) is 11.8. The minimum Gasteiger partial charge on any atom is -0.308 e. The summed E-state index contributed by atoms with van der Waals surface area (Å²) in [6.07, 6.45) is 0. The third-order valence-electron chi connectivity index (χ3n) is 15.3. The number of hydrogen-bond donors (Lipinski definition) is 0. The van der Waals surface area contributed by atoms with Crippen LogP contribution in [0, 0.1) is 73.3 Å². The summed E-state index contributed by atoms with van der Waals surface area (Å²) in [6, 6.07) is 68.8. The van der Waals surface area contributed by atoms with E-state index in [1.165, 1.54) is 55.6 Å². The molecule has 0 spiro atoms. The Bertz CT molecular complexity index is 4210. The predicted octanol–water partition coefficient (Wildman–Crippen LogP) is 19.1. The van der Waals surface area contributed by atoms with Crippen LogP contribution in [0.25, 0.3) is 115 Å². The summed E-state index contributed by atoms with van der Waals surface area (Å²) in [5, 5.41) is 16.6. The summed E-state index contributed by atoms with van der Waals surface area (Å²) in [4.78, 5) is 3.90. The molecule has 354 valence electrons. The Labute approximate surface area is 433 Å². The number of fused-ring (bicyclic) bond motifs is 6. The van der Waals surface area contributed by atoms with Gasteiger partial charge in [-0.25, -0.2) is 4.85 Å². The first-order valence-corrected chi connectivity index (χ1v) is 25.4. The zero-order valence-corrected chi connectivity index (χ0v) is 43.1. The molecular weight excluding hydrogens is 897 g/mol. The van der Waals surface area contributed by atoms with Crippen LogP contribution in [0.2, 0.25) is 0 Å². The Kier molecular flexibility index (Phi) is 11.0. The van der Waals surface area contributed by atoms with Crippen molar-refractivity contribution in [1.82, 2.24) is 9.13 Å². The van der Waals surface area contributed by atoms with Gasteiger partial charge in [-0.05, 0) is 164 Å². The molecule has 0 aliphatic rings. The third kappa shape index (κ3) is 7.58. The molecule has 74 heavy (non-hydrogen) atoms. The first-order valence-electron chi connectivity index (χ1n) is 25.4. The van der Waals surface area contributed by atoms with E-state index in [2.05, 4.69) is 239 Å². The van der Waals surface area contributed by atoms with Crippen molar-refractivity contribution in [2.24, 2.45) is 0 Å². The van der Waals surface area contributed by atoms with Crippen molar-refractivity contribution < 1.29 is 0 Å². The van der Waals surface area contributed by atoms with Crippen LogP contribution in [0.1, 0.15) is 50.1 Å². The lowest BCUT2D eigenvalue weighted by molar-refractivity contribution is 1.12. The second-order valence-electron chi connectivity index (χ2n) is 20.5. The summed E-state index contributed by atoms with van der Waals surface area (Å²) >= 11 is 0. The van der Waals surface area contributed by atoms with Crippen molar-refractivity contribution >= 4 is 49.3 Å². The van der Waals surface area contributed by atoms with E-state index >= 15 is 0 Å². The van der Waals surface area contributed by atoms with Gasteiger partial charge >= 0.3 is 0 Å². The lowest BCUT2D eigenvalue weighted by Gasteiger charge is -2.21. The molecule has 0 unspecified atom stereocenters. The van der Waals surface area contributed by atoms with Gasteiger partial charge in [0.1, 0.15) is 11.6 Å². The summed E-state index contributed by atoms with van der Waals surface area (Å²) in [6.45, 7) is 25.4. The summed E-state index contributed by atoms with van der Waals surface area (Å²) < 4.78 is 4.69. The average Bonchev–Trinajstić information content (AvgIpc) is 3.92. The smallest absolute Gasteiger partial charge is 0.187 e. The lowest BCUT2D eigenvalue weighted by Crippen LogP contribution is -2.06. The quantitative estimate of drug-likeness (QED) is 0.147. The predicted molar refractivity (Wildman–Crippen MR) is 311 cm³/mol. The van der Waals surface area contributed by atoms with Gasteiger partial charge in [-0.2, -0.15) is 5.26 Å². The molecule has 2 aromatic heterocycles. The summed E-state index contributed by atoms with van der Waals surface area (Å²) in [5.74, 6) is 0. The van der Waals surface area contributed by atoms with Gasteiger partial charge in [-0.1, -0.05) is 168 Å². The number of benzene rings is 10. The van der Waals surface area contributed by atoms with Crippen LogP contribution >= 0.6 is 0 Å². The van der Waals surface area contributed by atoms with Crippen molar-refractivity contribution in [3.05, 3.63) is 243 Å². The molecule has 0 bridgehead atoms. The zero-order chi connectivity index (χ0) is 51.1. The normalized spacial score (nSPS) is 11.5. The molecule has 4 heteroatoms. The fraction of sp³-hybridized carbons (Fsp3) is 0.114. The Hall–Kier alpha value is -9.22. The van der Waals surface area contributed by atoms with Crippen LogP contribution in [0.5, 0.6) is 0 Å². The molecule has 0 radical (unpaired) electrons. The molecule has 0 saturated heterocycles. The zero-order valence-electron chi connectivity index (χ0n) is 43.1. The van der Waals surface area contributed by atoms with Gasteiger partial charge < -0.3 is 9.13 Å². The largest absolute Gasteiger partial charge is 0.308 e. The molecule has 0 aliphatic carbocycles. The van der Waals surface area contributed by atoms with E-state index in [1.807, 2.05) is 18.2 Å². The maximum Gasteiger partial charge on any atom is 0.187 e. The first-order chi connectivity index (χ1) is 35.9. The average molecular weight is 951 g/mol.